The van der Waals surface area contributed by atoms with Gasteiger partial charge in [0.2, 0.25) is 0 Å². The van der Waals surface area contributed by atoms with Gasteiger partial charge in [0.15, 0.2) is 0 Å². The maximum atomic E-state index is 11.1. The van der Waals surface area contributed by atoms with Gasteiger partial charge in [-0.05, 0) is 18.6 Å². The zero-order valence-corrected chi connectivity index (χ0v) is 10.0. The zero-order chi connectivity index (χ0) is 13.0. The topological polar surface area (TPSA) is 75.2 Å². The van der Waals surface area contributed by atoms with Crippen molar-refractivity contribution in [1.82, 2.24) is 10.2 Å². The van der Waals surface area contributed by atoms with Crippen LogP contribution in [0.2, 0.25) is 0 Å². The molecule has 2 N–H and O–H groups in total. The van der Waals surface area contributed by atoms with E-state index < -0.39 is 5.97 Å². The van der Waals surface area contributed by atoms with Crippen LogP contribution in [-0.4, -0.2) is 27.9 Å². The minimum absolute atomic E-state index is 0.141. The Morgan fingerprint density at radius 1 is 1.44 bits per heavy atom. The molecule has 2 rings (SSSR count). The molecule has 0 aliphatic rings. The van der Waals surface area contributed by atoms with Crippen LogP contribution in [0.4, 0.5) is 0 Å². The highest BCUT2D eigenvalue weighted by Crippen LogP contribution is 2.30. The Morgan fingerprint density at radius 3 is 2.94 bits per heavy atom. The van der Waals surface area contributed by atoms with Gasteiger partial charge in [-0.3, -0.25) is 5.10 Å². The van der Waals surface area contributed by atoms with E-state index in [4.69, 9.17) is 9.84 Å². The van der Waals surface area contributed by atoms with Crippen LogP contribution in [0.1, 0.15) is 23.7 Å². The van der Waals surface area contributed by atoms with E-state index >= 15 is 0 Å². The van der Waals surface area contributed by atoms with E-state index in [2.05, 4.69) is 10.2 Å². The van der Waals surface area contributed by atoms with Crippen molar-refractivity contribution < 1.29 is 14.6 Å². The summed E-state index contributed by atoms with van der Waals surface area (Å²) in [5, 5.41) is 15.6. The van der Waals surface area contributed by atoms with Crippen molar-refractivity contribution in [2.45, 2.75) is 13.3 Å². The number of benzene rings is 1. The second kappa shape index (κ2) is 5.35. The minimum atomic E-state index is -1.01. The van der Waals surface area contributed by atoms with E-state index in [0.29, 0.717) is 23.6 Å². The van der Waals surface area contributed by atoms with Gasteiger partial charge in [-0.15, -0.1) is 0 Å². The Morgan fingerprint density at radius 2 is 2.22 bits per heavy atom. The van der Waals surface area contributed by atoms with Gasteiger partial charge >= 0.3 is 5.97 Å². The lowest BCUT2D eigenvalue weighted by Crippen LogP contribution is -2.00. The maximum Gasteiger partial charge on any atom is 0.339 e. The summed E-state index contributed by atoms with van der Waals surface area (Å²) < 4.78 is 5.60. The molecule has 0 spiro atoms. The third kappa shape index (κ3) is 2.34. The van der Waals surface area contributed by atoms with Gasteiger partial charge in [0, 0.05) is 5.56 Å². The number of aromatic amines is 1. The van der Waals surface area contributed by atoms with Crippen LogP contribution in [0.25, 0.3) is 11.3 Å². The smallest absolute Gasteiger partial charge is 0.339 e. The molecule has 0 unspecified atom stereocenters. The number of H-pyrrole nitrogens is 1. The van der Waals surface area contributed by atoms with E-state index in [1.165, 1.54) is 6.20 Å². The first-order valence-electron chi connectivity index (χ1n) is 5.73. The highest BCUT2D eigenvalue weighted by Gasteiger charge is 2.16. The van der Waals surface area contributed by atoms with Gasteiger partial charge in [-0.2, -0.15) is 5.10 Å². The number of para-hydroxylation sites is 1. The molecule has 0 saturated heterocycles. The average Bonchev–Trinajstić information content (AvgIpc) is 2.86. The summed E-state index contributed by atoms with van der Waals surface area (Å²) in [5.74, 6) is -0.352. The fourth-order valence-electron chi connectivity index (χ4n) is 1.66. The summed E-state index contributed by atoms with van der Waals surface area (Å²) in [4.78, 5) is 11.1. The number of hydrogen-bond donors (Lipinski definition) is 2. The number of carboxylic acids is 1. The Labute approximate surface area is 104 Å². The maximum absolute atomic E-state index is 11.1. The van der Waals surface area contributed by atoms with E-state index in [0.717, 1.165) is 6.42 Å². The SMILES string of the molecule is CCCOc1ccccc1-c1[nH]ncc1C(=O)O. The highest BCUT2D eigenvalue weighted by atomic mass is 16.5. The number of hydrogen-bond acceptors (Lipinski definition) is 3. The Bertz CT molecular complexity index is 549. The van der Waals surface area contributed by atoms with Gasteiger partial charge in [0.1, 0.15) is 11.3 Å². The van der Waals surface area contributed by atoms with Crippen LogP contribution in [-0.2, 0) is 0 Å². The first kappa shape index (κ1) is 12.2. The standard InChI is InChI=1S/C13H14N2O3/c1-2-7-18-11-6-4-3-5-9(11)12-10(13(16)17)8-14-15-12/h3-6,8H,2,7H2,1H3,(H,14,15)(H,16,17). The molecule has 18 heavy (non-hydrogen) atoms. The molecule has 1 aromatic carbocycles. The van der Waals surface area contributed by atoms with Gasteiger partial charge in [0.25, 0.3) is 0 Å². The molecule has 0 amide bonds. The summed E-state index contributed by atoms with van der Waals surface area (Å²) in [7, 11) is 0. The number of nitrogens with one attached hydrogen (secondary N) is 1. The summed E-state index contributed by atoms with van der Waals surface area (Å²) in [6.45, 7) is 2.61. The zero-order valence-electron chi connectivity index (χ0n) is 10.0. The van der Waals surface area contributed by atoms with E-state index in [1.807, 2.05) is 31.2 Å². The third-order valence-corrected chi connectivity index (χ3v) is 2.49. The molecule has 5 heteroatoms. The number of aromatic carboxylic acids is 1. The van der Waals surface area contributed by atoms with Crippen molar-refractivity contribution in [1.29, 1.82) is 0 Å². The quantitative estimate of drug-likeness (QED) is 0.850. The molecular weight excluding hydrogens is 232 g/mol. The normalized spacial score (nSPS) is 10.3. The number of rotatable bonds is 5. The van der Waals surface area contributed by atoms with Crippen LogP contribution in [0.15, 0.2) is 30.5 Å². The Kier molecular flexibility index (Phi) is 3.62. The number of ether oxygens (including phenoxy) is 1. The molecule has 1 aromatic heterocycles. The molecule has 0 fully saturated rings. The lowest BCUT2D eigenvalue weighted by molar-refractivity contribution is 0.0698. The molecule has 0 bridgehead atoms. The molecule has 0 radical (unpaired) electrons. The van der Waals surface area contributed by atoms with Crippen LogP contribution in [0, 0.1) is 0 Å². The summed E-state index contributed by atoms with van der Waals surface area (Å²) in [5.41, 5.74) is 1.32. The first-order valence-corrected chi connectivity index (χ1v) is 5.73. The monoisotopic (exact) mass is 246 g/mol. The molecule has 94 valence electrons. The predicted molar refractivity (Wildman–Crippen MR) is 66.8 cm³/mol. The molecule has 2 aromatic rings. The largest absolute Gasteiger partial charge is 0.493 e. The summed E-state index contributed by atoms with van der Waals surface area (Å²) in [6.07, 6.45) is 2.19. The first-order chi connectivity index (χ1) is 8.74. The van der Waals surface area contributed by atoms with Crippen molar-refractivity contribution in [3.63, 3.8) is 0 Å². The van der Waals surface area contributed by atoms with Crippen LogP contribution >= 0.6 is 0 Å². The lowest BCUT2D eigenvalue weighted by atomic mass is 10.1. The molecule has 0 atom stereocenters. The van der Waals surface area contributed by atoms with Gasteiger partial charge in [-0.1, -0.05) is 19.1 Å². The van der Waals surface area contributed by atoms with Gasteiger partial charge < -0.3 is 9.84 Å². The molecular formula is C13H14N2O3. The predicted octanol–water partition coefficient (Wildman–Crippen LogP) is 2.56. The van der Waals surface area contributed by atoms with Gasteiger partial charge in [-0.25, -0.2) is 4.79 Å². The number of carboxylic acid groups (broad SMARTS) is 1. The van der Waals surface area contributed by atoms with Crippen molar-refractivity contribution in [2.75, 3.05) is 6.61 Å². The molecule has 0 aliphatic heterocycles. The molecule has 0 saturated carbocycles. The molecule has 0 aliphatic carbocycles. The van der Waals surface area contributed by atoms with Crippen molar-refractivity contribution in [2.24, 2.45) is 0 Å². The summed E-state index contributed by atoms with van der Waals surface area (Å²) in [6, 6.07) is 7.31. The second-order valence-corrected chi connectivity index (χ2v) is 3.81. The molecule has 1 heterocycles. The minimum Gasteiger partial charge on any atom is -0.493 e. The van der Waals surface area contributed by atoms with Crippen molar-refractivity contribution in [3.8, 4) is 17.0 Å². The second-order valence-electron chi connectivity index (χ2n) is 3.81. The number of aromatic nitrogens is 2. The number of nitrogens with zero attached hydrogens (tertiary/aromatic N) is 1. The summed E-state index contributed by atoms with van der Waals surface area (Å²) >= 11 is 0. The van der Waals surface area contributed by atoms with E-state index in [-0.39, 0.29) is 5.56 Å². The van der Waals surface area contributed by atoms with Gasteiger partial charge in [0.05, 0.1) is 18.5 Å². The third-order valence-electron chi connectivity index (χ3n) is 2.49. The van der Waals surface area contributed by atoms with Crippen molar-refractivity contribution >= 4 is 5.97 Å². The fraction of sp³-hybridized carbons (Fsp3) is 0.231. The van der Waals surface area contributed by atoms with Crippen LogP contribution in [0.5, 0.6) is 5.75 Å². The Balaban J connectivity index is 2.43. The van der Waals surface area contributed by atoms with Crippen molar-refractivity contribution in [3.05, 3.63) is 36.0 Å². The fourth-order valence-corrected chi connectivity index (χ4v) is 1.66. The lowest BCUT2D eigenvalue weighted by Gasteiger charge is -2.09. The van der Waals surface area contributed by atoms with E-state index in [1.54, 1.807) is 0 Å². The average molecular weight is 246 g/mol. The number of carbonyl (C=O) groups is 1. The Hall–Kier alpha value is -2.30. The molecule has 5 nitrogen and oxygen atoms in total. The van der Waals surface area contributed by atoms with Crippen LogP contribution < -0.4 is 4.74 Å². The van der Waals surface area contributed by atoms with Crippen LogP contribution in [0.3, 0.4) is 0 Å². The van der Waals surface area contributed by atoms with E-state index in [9.17, 15) is 4.79 Å². The highest BCUT2D eigenvalue weighted by molar-refractivity contribution is 5.95.